The van der Waals surface area contributed by atoms with Crippen LogP contribution < -0.4 is 5.32 Å². The van der Waals surface area contributed by atoms with Crippen molar-refractivity contribution in [1.29, 1.82) is 0 Å². The molecule has 3 aromatic heterocycles. The van der Waals surface area contributed by atoms with Crippen LogP contribution in [-0.4, -0.2) is 47.5 Å². The first-order valence-electron chi connectivity index (χ1n) is 9.54. The lowest BCUT2D eigenvalue weighted by atomic mass is 10.1. The highest BCUT2D eigenvalue weighted by atomic mass is 32.1. The number of aromatic amines is 1. The maximum Gasteiger partial charge on any atom is 0.247 e. The Balaban J connectivity index is 1.53. The van der Waals surface area contributed by atoms with Gasteiger partial charge in [-0.25, -0.2) is 15.0 Å². The van der Waals surface area contributed by atoms with E-state index in [-0.39, 0.29) is 11.9 Å². The van der Waals surface area contributed by atoms with E-state index in [4.69, 9.17) is 0 Å². The van der Waals surface area contributed by atoms with Gasteiger partial charge in [-0.2, -0.15) is 0 Å². The summed E-state index contributed by atoms with van der Waals surface area (Å²) in [5, 5.41) is 13.2. The van der Waals surface area contributed by atoms with Crippen molar-refractivity contribution < 1.29 is 4.79 Å². The van der Waals surface area contributed by atoms with Crippen LogP contribution in [0.4, 0.5) is 10.9 Å². The molecule has 10 heteroatoms. The minimum Gasteiger partial charge on any atom is -0.345 e. The Kier molecular flexibility index (Phi) is 5.61. The van der Waals surface area contributed by atoms with E-state index in [9.17, 15) is 4.79 Å². The van der Waals surface area contributed by atoms with Gasteiger partial charge in [0.2, 0.25) is 11.0 Å². The number of aromatic nitrogens is 6. The van der Waals surface area contributed by atoms with Crippen molar-refractivity contribution in [3.8, 4) is 0 Å². The lowest BCUT2D eigenvalue weighted by Crippen LogP contribution is -2.29. The van der Waals surface area contributed by atoms with Crippen LogP contribution in [0.1, 0.15) is 48.0 Å². The number of amides is 1. The van der Waals surface area contributed by atoms with Gasteiger partial charge in [0.25, 0.3) is 0 Å². The van der Waals surface area contributed by atoms with Crippen LogP contribution >= 0.6 is 11.3 Å². The molecule has 1 saturated heterocycles. The summed E-state index contributed by atoms with van der Waals surface area (Å²) in [6.07, 6.45) is 9.24. The number of hydrogen-bond acceptors (Lipinski definition) is 8. The molecule has 1 atom stereocenters. The quantitative estimate of drug-likeness (QED) is 0.601. The Bertz CT molecular complexity index is 1010. The minimum atomic E-state index is -0.0724. The van der Waals surface area contributed by atoms with Crippen molar-refractivity contribution in [3.63, 3.8) is 0 Å². The zero-order valence-electron chi connectivity index (χ0n) is 16.3. The molecule has 0 aromatic carbocycles. The van der Waals surface area contributed by atoms with Gasteiger partial charge in [0.15, 0.2) is 0 Å². The third-order valence-corrected chi connectivity index (χ3v) is 5.65. The number of aryl methyl sites for hydroxylation is 2. The van der Waals surface area contributed by atoms with E-state index in [1.165, 1.54) is 11.3 Å². The minimum absolute atomic E-state index is 0.0374. The molecule has 1 aliphatic heterocycles. The summed E-state index contributed by atoms with van der Waals surface area (Å²) in [6.45, 7) is 4.61. The number of likely N-dealkylation sites (tertiary alicyclic amines) is 1. The van der Waals surface area contributed by atoms with Crippen LogP contribution in [0.15, 0.2) is 24.7 Å². The van der Waals surface area contributed by atoms with E-state index in [0.717, 1.165) is 35.7 Å². The second-order valence-electron chi connectivity index (χ2n) is 6.73. The summed E-state index contributed by atoms with van der Waals surface area (Å²) in [7, 11) is 0. The second-order valence-corrected chi connectivity index (χ2v) is 7.80. The zero-order chi connectivity index (χ0) is 20.2. The summed E-state index contributed by atoms with van der Waals surface area (Å²) in [6, 6.07) is 1.83. The van der Waals surface area contributed by atoms with E-state index >= 15 is 0 Å². The zero-order valence-corrected chi connectivity index (χ0v) is 17.1. The molecule has 1 unspecified atom stereocenters. The molecule has 1 amide bonds. The Morgan fingerprint density at radius 2 is 2.31 bits per heavy atom. The smallest absolute Gasteiger partial charge is 0.247 e. The van der Waals surface area contributed by atoms with Crippen molar-refractivity contribution >= 4 is 34.3 Å². The first-order chi connectivity index (χ1) is 14.1. The van der Waals surface area contributed by atoms with Crippen LogP contribution in [0.25, 0.3) is 6.08 Å². The number of rotatable bonds is 6. The van der Waals surface area contributed by atoms with Gasteiger partial charge >= 0.3 is 0 Å². The number of hydrogen-bond donors (Lipinski definition) is 2. The van der Waals surface area contributed by atoms with E-state index in [0.29, 0.717) is 23.3 Å². The lowest BCUT2D eigenvalue weighted by Gasteiger charge is -2.23. The van der Waals surface area contributed by atoms with Crippen molar-refractivity contribution in [2.45, 2.75) is 39.2 Å². The largest absolute Gasteiger partial charge is 0.345 e. The molecule has 0 bridgehead atoms. The fraction of sp³-hybridized carbons (Fsp3) is 0.368. The number of nitrogens with one attached hydrogen (secondary N) is 2. The molecule has 0 radical (unpaired) electrons. The monoisotopic (exact) mass is 410 g/mol. The van der Waals surface area contributed by atoms with Gasteiger partial charge in [-0.15, -0.1) is 10.2 Å². The van der Waals surface area contributed by atoms with E-state index in [1.807, 2.05) is 24.8 Å². The van der Waals surface area contributed by atoms with Crippen molar-refractivity contribution in [3.05, 3.63) is 46.9 Å². The molecule has 0 saturated carbocycles. The molecule has 29 heavy (non-hydrogen) atoms. The summed E-state index contributed by atoms with van der Waals surface area (Å²) in [5.41, 5.74) is 1.63. The summed E-state index contributed by atoms with van der Waals surface area (Å²) in [5.74, 6) is 1.28. The van der Waals surface area contributed by atoms with Gasteiger partial charge in [-0.05, 0) is 32.3 Å². The third kappa shape index (κ3) is 4.48. The van der Waals surface area contributed by atoms with Crippen molar-refractivity contribution in [2.24, 2.45) is 0 Å². The van der Waals surface area contributed by atoms with Crippen LogP contribution in [-0.2, 0) is 11.2 Å². The van der Waals surface area contributed by atoms with Crippen LogP contribution in [0, 0.1) is 6.92 Å². The molecule has 0 spiro atoms. The van der Waals surface area contributed by atoms with Crippen LogP contribution in [0.2, 0.25) is 0 Å². The van der Waals surface area contributed by atoms with Gasteiger partial charge in [0.1, 0.15) is 16.6 Å². The average Bonchev–Trinajstić information content (AvgIpc) is 3.46. The standard InChI is InChI=1S/C19H22N8OS/c1-3-17-25-26-19(29-17)24-16-9-14(22-12(2)23-16)15-5-4-8-27(15)18(28)7-6-13-10-20-11-21-13/h6-7,9-11,15H,3-5,8H2,1-2H3,(H,20,21)(H,22,23,24,26)/b7-6+. The van der Waals surface area contributed by atoms with Crippen molar-refractivity contribution in [1.82, 2.24) is 35.0 Å². The van der Waals surface area contributed by atoms with Gasteiger partial charge in [-0.3, -0.25) is 4.79 Å². The molecule has 150 valence electrons. The predicted molar refractivity (Wildman–Crippen MR) is 111 cm³/mol. The normalized spacial score (nSPS) is 16.6. The molecule has 4 rings (SSSR count). The van der Waals surface area contributed by atoms with E-state index in [1.54, 1.807) is 24.7 Å². The maximum absolute atomic E-state index is 12.8. The number of nitrogens with zero attached hydrogens (tertiary/aromatic N) is 6. The third-order valence-electron chi connectivity index (χ3n) is 4.66. The van der Waals surface area contributed by atoms with Gasteiger partial charge in [-0.1, -0.05) is 18.3 Å². The van der Waals surface area contributed by atoms with Gasteiger partial charge in [0.05, 0.1) is 30.0 Å². The molecule has 2 N–H and O–H groups in total. The molecule has 4 heterocycles. The van der Waals surface area contributed by atoms with Crippen molar-refractivity contribution in [2.75, 3.05) is 11.9 Å². The van der Waals surface area contributed by atoms with E-state index in [2.05, 4.69) is 35.5 Å². The summed E-state index contributed by atoms with van der Waals surface area (Å²) < 4.78 is 0. The maximum atomic E-state index is 12.8. The molecule has 1 aliphatic rings. The highest BCUT2D eigenvalue weighted by Gasteiger charge is 2.30. The van der Waals surface area contributed by atoms with Crippen LogP contribution in [0.5, 0.6) is 0 Å². The lowest BCUT2D eigenvalue weighted by molar-refractivity contribution is -0.126. The van der Waals surface area contributed by atoms with E-state index < -0.39 is 0 Å². The number of carbonyl (C=O) groups excluding carboxylic acids is 1. The highest BCUT2D eigenvalue weighted by Crippen LogP contribution is 2.32. The first kappa shape index (κ1) is 19.2. The summed E-state index contributed by atoms with van der Waals surface area (Å²) in [4.78, 5) is 30.6. The van der Waals surface area contributed by atoms with Crippen LogP contribution in [0.3, 0.4) is 0 Å². The van der Waals surface area contributed by atoms with Gasteiger partial charge < -0.3 is 15.2 Å². The topological polar surface area (TPSA) is 113 Å². The number of imidazole rings is 1. The Morgan fingerprint density at radius 1 is 1.41 bits per heavy atom. The van der Waals surface area contributed by atoms with Gasteiger partial charge in [0, 0.05) is 18.7 Å². The highest BCUT2D eigenvalue weighted by molar-refractivity contribution is 7.15. The fourth-order valence-electron chi connectivity index (χ4n) is 3.33. The molecular formula is C19H22N8OS. The number of anilines is 2. The number of carbonyl (C=O) groups is 1. The first-order valence-corrected chi connectivity index (χ1v) is 10.4. The molecular weight excluding hydrogens is 388 g/mol. The summed E-state index contributed by atoms with van der Waals surface area (Å²) >= 11 is 1.51. The SMILES string of the molecule is CCc1nnc(Nc2cc(C3CCCN3C(=O)/C=C/c3cnc[nH]3)nc(C)n2)s1. The predicted octanol–water partition coefficient (Wildman–Crippen LogP) is 3.04. The Hall–Kier alpha value is -3.14. The molecule has 3 aromatic rings. The Labute approximate surface area is 172 Å². The average molecular weight is 411 g/mol. The number of H-pyrrole nitrogens is 1. The molecule has 9 nitrogen and oxygen atoms in total. The second kappa shape index (κ2) is 8.48. The Morgan fingerprint density at radius 3 is 3.07 bits per heavy atom. The fourth-order valence-corrected chi connectivity index (χ4v) is 4.02. The molecule has 0 aliphatic carbocycles. The molecule has 1 fully saturated rings.